The summed E-state index contributed by atoms with van der Waals surface area (Å²) in [7, 11) is -3.79. The minimum Gasteiger partial charge on any atom is -0.395 e. The third-order valence-corrected chi connectivity index (χ3v) is 8.99. The quantitative estimate of drug-likeness (QED) is 0.126. The van der Waals surface area contributed by atoms with Crippen molar-refractivity contribution in [2.75, 3.05) is 31.1 Å². The molecule has 11 heteroatoms. The van der Waals surface area contributed by atoms with Crippen LogP contribution < -0.4 is 10.2 Å². The van der Waals surface area contributed by atoms with Gasteiger partial charge in [-0.25, -0.2) is 8.42 Å². The molecule has 0 unspecified atom stereocenters. The Hall–Kier alpha value is -3.80. The molecule has 232 valence electrons. The number of aryl methyl sites for hydroxylation is 1. The predicted molar refractivity (Wildman–Crippen MR) is 168 cm³/mol. The zero-order chi connectivity index (χ0) is 31.4. The van der Waals surface area contributed by atoms with Crippen LogP contribution in [0.3, 0.4) is 0 Å². The number of amides is 1. The van der Waals surface area contributed by atoms with Crippen molar-refractivity contribution in [1.29, 1.82) is 0 Å². The number of unbranched alkanes of at least 4 members (excludes halogenated alkanes) is 1. The minimum atomic E-state index is -3.79. The number of nitro benzene ring substituents is 1. The number of aliphatic hydroxyl groups is 1. The van der Waals surface area contributed by atoms with E-state index in [2.05, 4.69) is 5.32 Å². The Balaban J connectivity index is 1.56. The number of hydrogen-bond donors (Lipinski definition) is 2. The van der Waals surface area contributed by atoms with Crippen LogP contribution in [0.15, 0.2) is 83.8 Å². The summed E-state index contributed by atoms with van der Waals surface area (Å²) in [6, 6.07) is 21.9. The van der Waals surface area contributed by atoms with E-state index in [1.807, 2.05) is 56.0 Å². The van der Waals surface area contributed by atoms with Crippen LogP contribution in [0.25, 0.3) is 0 Å². The van der Waals surface area contributed by atoms with Gasteiger partial charge in [0.25, 0.3) is 5.69 Å². The highest BCUT2D eigenvalue weighted by Gasteiger charge is 2.31. The Labute approximate surface area is 254 Å². The van der Waals surface area contributed by atoms with E-state index in [0.717, 1.165) is 16.8 Å². The Morgan fingerprint density at radius 2 is 1.63 bits per heavy atom. The van der Waals surface area contributed by atoms with Gasteiger partial charge in [0.05, 0.1) is 23.0 Å². The van der Waals surface area contributed by atoms with Gasteiger partial charge >= 0.3 is 0 Å². The summed E-state index contributed by atoms with van der Waals surface area (Å²) in [4.78, 5) is 25.5. The zero-order valence-electron chi connectivity index (χ0n) is 25.1. The topological polar surface area (TPSA) is 133 Å². The predicted octanol–water partition coefficient (Wildman–Crippen LogP) is 4.90. The summed E-state index contributed by atoms with van der Waals surface area (Å²) in [5, 5.41) is 24.1. The van der Waals surface area contributed by atoms with Gasteiger partial charge in [0, 0.05) is 43.5 Å². The fraction of sp³-hybridized carbons (Fsp3) is 0.406. The molecule has 0 saturated heterocycles. The Kier molecular flexibility index (Phi) is 12.7. The number of benzene rings is 3. The van der Waals surface area contributed by atoms with E-state index in [-0.39, 0.29) is 35.6 Å². The van der Waals surface area contributed by atoms with Gasteiger partial charge in [-0.2, -0.15) is 4.31 Å². The van der Waals surface area contributed by atoms with Gasteiger partial charge in [-0.05, 0) is 55.5 Å². The van der Waals surface area contributed by atoms with Gasteiger partial charge in [0.2, 0.25) is 15.9 Å². The lowest BCUT2D eigenvalue weighted by molar-refractivity contribution is -0.384. The molecule has 0 heterocycles. The molecular formula is C32H42N4O6S. The molecule has 10 nitrogen and oxygen atoms in total. The second kappa shape index (κ2) is 16.2. The third kappa shape index (κ3) is 10.2. The fourth-order valence-electron chi connectivity index (χ4n) is 4.76. The molecule has 0 aliphatic rings. The lowest BCUT2D eigenvalue weighted by Crippen LogP contribution is -2.44. The summed E-state index contributed by atoms with van der Waals surface area (Å²) in [6.07, 6.45) is 1.70. The number of aliphatic hydroxyl groups excluding tert-OH is 1. The number of carbonyl (C=O) groups excluding carboxylic acids is 1. The normalized spacial score (nSPS) is 12.3. The summed E-state index contributed by atoms with van der Waals surface area (Å²) in [5.74, 6) is -0.0972. The van der Waals surface area contributed by atoms with Crippen LogP contribution in [0.5, 0.6) is 0 Å². The lowest BCUT2D eigenvalue weighted by atomic mass is 10.1. The molecule has 0 spiro atoms. The number of nitrogens with zero attached hydrogens (tertiary/aromatic N) is 3. The maximum atomic E-state index is 13.5. The SMILES string of the molecule is Cc1ccc(S(=O)(=O)N(CC(C)C)[C@H](CO)CCCCNC(=O)CN(Cc2ccc([N+](=O)[O-])cc2)c2ccccc2)cc1. The molecule has 3 aromatic rings. The Bertz CT molecular complexity index is 1410. The van der Waals surface area contributed by atoms with Crippen molar-refractivity contribution in [3.63, 3.8) is 0 Å². The van der Waals surface area contributed by atoms with E-state index in [4.69, 9.17) is 0 Å². The van der Waals surface area contributed by atoms with Gasteiger partial charge in [0.1, 0.15) is 0 Å². The van der Waals surface area contributed by atoms with Crippen LogP contribution in [-0.2, 0) is 21.4 Å². The lowest BCUT2D eigenvalue weighted by Gasteiger charge is -2.31. The molecule has 1 amide bonds. The van der Waals surface area contributed by atoms with Crippen molar-refractivity contribution in [3.05, 3.63) is 100 Å². The van der Waals surface area contributed by atoms with Gasteiger partial charge < -0.3 is 15.3 Å². The van der Waals surface area contributed by atoms with Gasteiger partial charge in [-0.3, -0.25) is 14.9 Å². The van der Waals surface area contributed by atoms with Gasteiger partial charge in [-0.1, -0.05) is 68.3 Å². The number of hydrogen-bond acceptors (Lipinski definition) is 7. The number of non-ortho nitro benzene ring substituents is 1. The standard InChI is InChI=1S/C32H42N4O6S/c1-25(2)21-35(43(41,42)31-18-12-26(3)13-19-31)30(24-37)11-7-8-20-33-32(38)23-34(28-9-5-4-6-10-28)22-27-14-16-29(17-15-27)36(39)40/h4-6,9-10,12-19,25,30,37H,7-8,11,20-24H2,1-3H3,(H,33,38)/t30-/m0/s1. The molecule has 0 aliphatic carbocycles. The smallest absolute Gasteiger partial charge is 0.269 e. The van der Waals surface area contributed by atoms with Crippen LogP contribution in [0.4, 0.5) is 11.4 Å². The van der Waals surface area contributed by atoms with Crippen molar-refractivity contribution in [1.82, 2.24) is 9.62 Å². The molecular weight excluding hydrogens is 568 g/mol. The average molecular weight is 611 g/mol. The van der Waals surface area contributed by atoms with Crippen molar-refractivity contribution in [2.24, 2.45) is 5.92 Å². The van der Waals surface area contributed by atoms with Crippen LogP contribution in [0.1, 0.15) is 44.2 Å². The highest BCUT2D eigenvalue weighted by atomic mass is 32.2. The molecule has 0 saturated carbocycles. The highest BCUT2D eigenvalue weighted by molar-refractivity contribution is 7.89. The van der Waals surface area contributed by atoms with E-state index in [0.29, 0.717) is 38.9 Å². The first kappa shape index (κ1) is 33.7. The number of nitro groups is 1. The van der Waals surface area contributed by atoms with Crippen molar-refractivity contribution < 1.29 is 23.2 Å². The summed E-state index contributed by atoms with van der Waals surface area (Å²) in [6.45, 7) is 6.69. The molecule has 2 N–H and O–H groups in total. The Morgan fingerprint density at radius 1 is 0.977 bits per heavy atom. The van der Waals surface area contributed by atoms with Crippen molar-refractivity contribution >= 4 is 27.3 Å². The van der Waals surface area contributed by atoms with Gasteiger partial charge in [0.15, 0.2) is 0 Å². The van der Waals surface area contributed by atoms with E-state index < -0.39 is 21.0 Å². The number of sulfonamides is 1. The van der Waals surface area contributed by atoms with Crippen LogP contribution in [-0.4, -0.2) is 60.9 Å². The van der Waals surface area contributed by atoms with Crippen LogP contribution in [0.2, 0.25) is 0 Å². The zero-order valence-corrected chi connectivity index (χ0v) is 25.9. The number of anilines is 1. The molecule has 0 radical (unpaired) electrons. The molecule has 0 fully saturated rings. The third-order valence-electron chi connectivity index (χ3n) is 7.05. The maximum absolute atomic E-state index is 13.5. The van der Waals surface area contributed by atoms with E-state index in [9.17, 15) is 28.4 Å². The minimum absolute atomic E-state index is 0.0104. The maximum Gasteiger partial charge on any atom is 0.269 e. The second-order valence-corrected chi connectivity index (χ2v) is 13.0. The van der Waals surface area contributed by atoms with Crippen LogP contribution in [0, 0.1) is 23.0 Å². The monoisotopic (exact) mass is 610 g/mol. The summed E-state index contributed by atoms with van der Waals surface area (Å²) in [5.41, 5.74) is 2.66. The Morgan fingerprint density at radius 3 is 2.21 bits per heavy atom. The summed E-state index contributed by atoms with van der Waals surface area (Å²) < 4.78 is 28.4. The molecule has 43 heavy (non-hydrogen) atoms. The molecule has 3 aromatic carbocycles. The molecule has 3 rings (SSSR count). The van der Waals surface area contributed by atoms with Gasteiger partial charge in [-0.15, -0.1) is 0 Å². The van der Waals surface area contributed by atoms with E-state index in [1.165, 1.54) is 16.4 Å². The number of nitrogens with one attached hydrogen (secondary N) is 1. The molecule has 0 bridgehead atoms. The molecule has 1 atom stereocenters. The highest BCUT2D eigenvalue weighted by Crippen LogP contribution is 2.23. The van der Waals surface area contributed by atoms with E-state index in [1.54, 1.807) is 36.4 Å². The first-order valence-electron chi connectivity index (χ1n) is 14.5. The largest absolute Gasteiger partial charge is 0.395 e. The first-order valence-corrected chi connectivity index (χ1v) is 15.9. The first-order chi connectivity index (χ1) is 20.5. The summed E-state index contributed by atoms with van der Waals surface area (Å²) >= 11 is 0. The van der Waals surface area contributed by atoms with Crippen molar-refractivity contribution in [3.8, 4) is 0 Å². The van der Waals surface area contributed by atoms with Crippen LogP contribution >= 0.6 is 0 Å². The number of rotatable bonds is 17. The molecule has 0 aliphatic heterocycles. The van der Waals surface area contributed by atoms with Crippen molar-refractivity contribution in [2.45, 2.75) is 57.5 Å². The molecule has 0 aromatic heterocycles. The number of para-hydroxylation sites is 1. The number of carbonyl (C=O) groups is 1. The van der Waals surface area contributed by atoms with E-state index >= 15 is 0 Å². The second-order valence-electron chi connectivity index (χ2n) is 11.1. The average Bonchev–Trinajstić information content (AvgIpc) is 2.98. The fourth-order valence-corrected chi connectivity index (χ4v) is 6.57.